The number of hydrogen-bond donors (Lipinski definition) is 1. The molecular formula is C18H21N3O5S2. The zero-order chi connectivity index (χ0) is 20.7. The first kappa shape index (κ1) is 20.3. The van der Waals surface area contributed by atoms with Crippen LogP contribution in [0, 0.1) is 0 Å². The molecule has 150 valence electrons. The molecular weight excluding hydrogens is 402 g/mol. The van der Waals surface area contributed by atoms with Gasteiger partial charge in [-0.25, -0.2) is 21.1 Å². The van der Waals surface area contributed by atoms with Crippen LogP contribution in [0.25, 0.3) is 0 Å². The predicted molar refractivity (Wildman–Crippen MR) is 108 cm³/mol. The zero-order valence-electron chi connectivity index (χ0n) is 15.7. The average Bonchev–Trinajstić information content (AvgIpc) is 3.03. The van der Waals surface area contributed by atoms with Gasteiger partial charge in [0.05, 0.1) is 11.2 Å². The third kappa shape index (κ3) is 4.03. The molecule has 1 amide bonds. The minimum Gasteiger partial charge on any atom is -0.308 e. The number of amides is 1. The molecule has 10 heteroatoms. The SMILES string of the molecule is CN(C)S(=O)(=O)c1ccc2c(c1)CCN2C(=O)c1ccc(NS(C)(=O)=O)cc1. The largest absolute Gasteiger partial charge is 0.308 e. The summed E-state index contributed by atoms with van der Waals surface area (Å²) >= 11 is 0. The monoisotopic (exact) mass is 423 g/mol. The fourth-order valence-corrected chi connectivity index (χ4v) is 4.53. The van der Waals surface area contributed by atoms with Gasteiger partial charge < -0.3 is 4.90 Å². The number of fused-ring (bicyclic) bond motifs is 1. The van der Waals surface area contributed by atoms with Crippen molar-refractivity contribution in [3.63, 3.8) is 0 Å². The van der Waals surface area contributed by atoms with Crippen LogP contribution in [0.2, 0.25) is 0 Å². The highest BCUT2D eigenvalue weighted by Gasteiger charge is 2.28. The maximum Gasteiger partial charge on any atom is 0.258 e. The Labute approximate surface area is 164 Å². The van der Waals surface area contributed by atoms with Gasteiger partial charge in [0, 0.05) is 37.6 Å². The van der Waals surface area contributed by atoms with E-state index in [2.05, 4.69) is 4.72 Å². The number of anilines is 2. The highest BCUT2D eigenvalue weighted by Crippen LogP contribution is 2.32. The Morgan fingerprint density at radius 3 is 2.25 bits per heavy atom. The van der Waals surface area contributed by atoms with Gasteiger partial charge in [0.1, 0.15) is 0 Å². The molecule has 3 rings (SSSR count). The summed E-state index contributed by atoms with van der Waals surface area (Å²) < 4.78 is 50.6. The summed E-state index contributed by atoms with van der Waals surface area (Å²) in [6, 6.07) is 10.9. The average molecular weight is 424 g/mol. The van der Waals surface area contributed by atoms with Crippen LogP contribution in [-0.2, 0) is 26.5 Å². The minimum atomic E-state index is -3.53. The molecule has 0 aliphatic carbocycles. The molecule has 1 aliphatic rings. The molecule has 0 saturated carbocycles. The van der Waals surface area contributed by atoms with Crippen LogP contribution >= 0.6 is 0 Å². The summed E-state index contributed by atoms with van der Waals surface area (Å²) in [6.45, 7) is 0.447. The fraction of sp³-hybridized carbons (Fsp3) is 0.278. The first-order valence-electron chi connectivity index (χ1n) is 8.44. The fourth-order valence-electron chi connectivity index (χ4n) is 3.01. The number of hydrogen-bond acceptors (Lipinski definition) is 5. The van der Waals surface area contributed by atoms with Crippen molar-refractivity contribution in [2.24, 2.45) is 0 Å². The van der Waals surface area contributed by atoms with Gasteiger partial charge in [-0.3, -0.25) is 9.52 Å². The standard InChI is InChI=1S/C18H21N3O5S2/c1-20(2)28(25,26)16-8-9-17-14(12-16)10-11-21(17)18(22)13-4-6-15(7-5-13)19-27(3,23)24/h4-9,12,19H,10-11H2,1-3H3. The summed E-state index contributed by atoms with van der Waals surface area (Å²) in [7, 11) is -3.97. The summed E-state index contributed by atoms with van der Waals surface area (Å²) in [5.41, 5.74) is 2.27. The molecule has 1 aliphatic heterocycles. The number of benzene rings is 2. The Kier molecular flexibility index (Phi) is 5.22. The molecule has 0 saturated heterocycles. The van der Waals surface area contributed by atoms with E-state index in [1.807, 2.05) is 0 Å². The van der Waals surface area contributed by atoms with Crippen LogP contribution in [-0.4, -0.2) is 53.9 Å². The van der Waals surface area contributed by atoms with E-state index >= 15 is 0 Å². The van der Waals surface area contributed by atoms with E-state index in [1.54, 1.807) is 29.2 Å². The van der Waals surface area contributed by atoms with Crippen LogP contribution in [0.3, 0.4) is 0 Å². The van der Waals surface area contributed by atoms with Crippen molar-refractivity contribution in [1.82, 2.24) is 4.31 Å². The lowest BCUT2D eigenvalue weighted by Gasteiger charge is -2.18. The van der Waals surface area contributed by atoms with Crippen molar-refractivity contribution in [3.05, 3.63) is 53.6 Å². The molecule has 1 heterocycles. The molecule has 0 radical (unpaired) electrons. The van der Waals surface area contributed by atoms with Gasteiger partial charge in [0.15, 0.2) is 0 Å². The van der Waals surface area contributed by atoms with Crippen molar-refractivity contribution in [2.75, 3.05) is 36.5 Å². The van der Waals surface area contributed by atoms with Gasteiger partial charge in [-0.1, -0.05) is 0 Å². The Balaban J connectivity index is 1.85. The van der Waals surface area contributed by atoms with Gasteiger partial charge in [0.2, 0.25) is 20.0 Å². The smallest absolute Gasteiger partial charge is 0.258 e. The second-order valence-electron chi connectivity index (χ2n) is 6.74. The molecule has 2 aromatic carbocycles. The van der Waals surface area contributed by atoms with E-state index < -0.39 is 20.0 Å². The number of rotatable bonds is 5. The lowest BCUT2D eigenvalue weighted by molar-refractivity contribution is 0.0989. The maximum absolute atomic E-state index is 12.9. The molecule has 28 heavy (non-hydrogen) atoms. The highest BCUT2D eigenvalue weighted by molar-refractivity contribution is 7.92. The van der Waals surface area contributed by atoms with Crippen molar-refractivity contribution >= 4 is 37.3 Å². The normalized spacial score (nSPS) is 14.2. The van der Waals surface area contributed by atoms with Crippen LogP contribution in [0.15, 0.2) is 47.4 Å². The third-order valence-corrected chi connectivity index (χ3v) is 6.82. The second-order valence-corrected chi connectivity index (χ2v) is 10.6. The Bertz CT molecular complexity index is 1120. The molecule has 1 N–H and O–H groups in total. The number of nitrogens with zero attached hydrogens (tertiary/aromatic N) is 2. The van der Waals surface area contributed by atoms with Crippen molar-refractivity contribution in [3.8, 4) is 0 Å². The quantitative estimate of drug-likeness (QED) is 0.785. The van der Waals surface area contributed by atoms with E-state index in [9.17, 15) is 21.6 Å². The minimum absolute atomic E-state index is 0.196. The van der Waals surface area contributed by atoms with E-state index in [1.165, 1.54) is 32.3 Å². The first-order valence-corrected chi connectivity index (χ1v) is 11.8. The van der Waals surface area contributed by atoms with Crippen molar-refractivity contribution < 1.29 is 21.6 Å². The lowest BCUT2D eigenvalue weighted by atomic mass is 10.1. The Hall–Kier alpha value is -2.43. The molecule has 0 spiro atoms. The number of carbonyl (C=O) groups excluding carboxylic acids is 1. The van der Waals surface area contributed by atoms with Crippen LogP contribution < -0.4 is 9.62 Å². The van der Waals surface area contributed by atoms with E-state index in [-0.39, 0.29) is 10.8 Å². The molecule has 0 unspecified atom stereocenters. The first-order chi connectivity index (χ1) is 13.0. The molecule has 0 fully saturated rings. The van der Waals surface area contributed by atoms with Crippen LogP contribution in [0.4, 0.5) is 11.4 Å². The predicted octanol–water partition coefficient (Wildman–Crippen LogP) is 1.51. The number of nitrogens with one attached hydrogen (secondary N) is 1. The molecule has 2 aromatic rings. The topological polar surface area (TPSA) is 104 Å². The van der Waals surface area contributed by atoms with Gasteiger partial charge in [-0.05, 0) is 54.4 Å². The Morgan fingerprint density at radius 2 is 1.68 bits per heavy atom. The highest BCUT2D eigenvalue weighted by atomic mass is 32.2. The number of sulfonamides is 2. The number of carbonyl (C=O) groups is 1. The van der Waals surface area contributed by atoms with Gasteiger partial charge in [0.25, 0.3) is 5.91 Å². The summed E-state index contributed by atoms with van der Waals surface area (Å²) in [4.78, 5) is 14.7. The summed E-state index contributed by atoms with van der Waals surface area (Å²) in [5.74, 6) is -0.229. The lowest BCUT2D eigenvalue weighted by Crippen LogP contribution is -2.28. The second kappa shape index (κ2) is 7.19. The maximum atomic E-state index is 12.9. The molecule has 8 nitrogen and oxygen atoms in total. The van der Waals surface area contributed by atoms with Crippen molar-refractivity contribution in [1.29, 1.82) is 0 Å². The van der Waals surface area contributed by atoms with Crippen molar-refractivity contribution in [2.45, 2.75) is 11.3 Å². The van der Waals surface area contributed by atoms with Gasteiger partial charge >= 0.3 is 0 Å². The Morgan fingerprint density at radius 1 is 1.04 bits per heavy atom. The summed E-state index contributed by atoms with van der Waals surface area (Å²) in [5, 5.41) is 0. The molecule has 0 aromatic heterocycles. The third-order valence-electron chi connectivity index (χ3n) is 4.41. The van der Waals surface area contributed by atoms with Crippen LogP contribution in [0.1, 0.15) is 15.9 Å². The van der Waals surface area contributed by atoms with Crippen LogP contribution in [0.5, 0.6) is 0 Å². The van der Waals surface area contributed by atoms with E-state index in [0.29, 0.717) is 29.9 Å². The molecule has 0 bridgehead atoms. The zero-order valence-corrected chi connectivity index (χ0v) is 17.3. The van der Waals surface area contributed by atoms with Gasteiger partial charge in [-0.2, -0.15) is 0 Å². The summed E-state index contributed by atoms with van der Waals surface area (Å²) in [6.07, 6.45) is 1.61. The van der Waals surface area contributed by atoms with Gasteiger partial charge in [-0.15, -0.1) is 0 Å². The van der Waals surface area contributed by atoms with E-state index in [4.69, 9.17) is 0 Å². The molecule has 0 atom stereocenters. The van der Waals surface area contributed by atoms with E-state index in [0.717, 1.165) is 16.1 Å².